The fraction of sp³-hybridized carbons (Fsp3) is 0.421. The Bertz CT molecular complexity index is 1060. The van der Waals surface area contributed by atoms with Gasteiger partial charge in [-0.1, -0.05) is 11.6 Å². The fourth-order valence-corrected chi connectivity index (χ4v) is 6.32. The number of hydrogen-bond acceptors (Lipinski definition) is 5. The van der Waals surface area contributed by atoms with Gasteiger partial charge in [0.1, 0.15) is 10.7 Å². The standard InChI is InChI=1S/C19H19ClN4O2S/c1-13-22-11-15-5-7-19(18(15)23-13)6-2-8-24(12-19)27(25,26)17-4-3-14(10-21)9-16(17)20/h3-4,9,11H,2,5-8,12H2,1H3. The summed E-state index contributed by atoms with van der Waals surface area (Å²) in [5.41, 5.74) is 2.20. The quantitative estimate of drug-likeness (QED) is 0.770. The van der Waals surface area contributed by atoms with Crippen molar-refractivity contribution in [3.63, 3.8) is 0 Å². The Balaban J connectivity index is 1.71. The summed E-state index contributed by atoms with van der Waals surface area (Å²) < 4.78 is 28.0. The average molecular weight is 403 g/mol. The monoisotopic (exact) mass is 402 g/mol. The van der Waals surface area contributed by atoms with Crippen LogP contribution in [-0.4, -0.2) is 35.8 Å². The largest absolute Gasteiger partial charge is 0.244 e. The van der Waals surface area contributed by atoms with Gasteiger partial charge in [-0.15, -0.1) is 0 Å². The maximum Gasteiger partial charge on any atom is 0.244 e. The van der Waals surface area contributed by atoms with Crippen LogP contribution >= 0.6 is 11.6 Å². The topological polar surface area (TPSA) is 87.0 Å². The minimum atomic E-state index is -3.75. The zero-order valence-corrected chi connectivity index (χ0v) is 16.5. The summed E-state index contributed by atoms with van der Waals surface area (Å²) in [7, 11) is -3.75. The first kappa shape index (κ1) is 18.4. The molecule has 1 aromatic carbocycles. The Kier molecular flexibility index (Phi) is 4.46. The Morgan fingerprint density at radius 1 is 1.33 bits per heavy atom. The number of hydrogen-bond donors (Lipinski definition) is 0. The van der Waals surface area contributed by atoms with Gasteiger partial charge in [0.15, 0.2) is 0 Å². The zero-order chi connectivity index (χ0) is 19.2. The van der Waals surface area contributed by atoms with E-state index >= 15 is 0 Å². The van der Waals surface area contributed by atoms with Crippen molar-refractivity contribution >= 4 is 21.6 Å². The van der Waals surface area contributed by atoms with Crippen LogP contribution in [0.3, 0.4) is 0 Å². The van der Waals surface area contributed by atoms with E-state index in [4.69, 9.17) is 16.9 Å². The lowest BCUT2D eigenvalue weighted by molar-refractivity contribution is 0.219. The van der Waals surface area contributed by atoms with Crippen LogP contribution in [0.25, 0.3) is 0 Å². The third-order valence-electron chi connectivity index (χ3n) is 5.58. The first-order valence-corrected chi connectivity index (χ1v) is 10.7. The molecule has 2 aromatic rings. The third kappa shape index (κ3) is 3.02. The highest BCUT2D eigenvalue weighted by atomic mass is 35.5. The molecule has 140 valence electrons. The van der Waals surface area contributed by atoms with E-state index in [1.54, 1.807) is 0 Å². The zero-order valence-electron chi connectivity index (χ0n) is 14.9. The van der Waals surface area contributed by atoms with Gasteiger partial charge in [-0.3, -0.25) is 0 Å². The van der Waals surface area contributed by atoms with Gasteiger partial charge in [-0.2, -0.15) is 9.57 Å². The number of fused-ring (bicyclic) bond motifs is 2. The Morgan fingerprint density at radius 3 is 2.89 bits per heavy atom. The van der Waals surface area contributed by atoms with Gasteiger partial charge in [0, 0.05) is 24.7 Å². The molecule has 0 N–H and O–H groups in total. The van der Waals surface area contributed by atoms with Gasteiger partial charge >= 0.3 is 0 Å². The molecule has 6 nitrogen and oxygen atoms in total. The number of aromatic nitrogens is 2. The first-order chi connectivity index (χ1) is 12.9. The Hall–Kier alpha value is -2.01. The molecule has 1 fully saturated rings. The number of aryl methyl sites for hydroxylation is 2. The average Bonchev–Trinajstić information content (AvgIpc) is 2.98. The lowest BCUT2D eigenvalue weighted by Crippen LogP contribution is -2.47. The van der Waals surface area contributed by atoms with Crippen molar-refractivity contribution in [2.45, 2.75) is 42.9 Å². The van der Waals surface area contributed by atoms with Crippen LogP contribution in [-0.2, 0) is 21.9 Å². The van der Waals surface area contributed by atoms with Crippen LogP contribution in [0.4, 0.5) is 0 Å². The fourth-order valence-electron chi connectivity index (χ4n) is 4.24. The van der Waals surface area contributed by atoms with Crippen LogP contribution in [0, 0.1) is 18.3 Å². The lowest BCUT2D eigenvalue weighted by Gasteiger charge is -2.39. The van der Waals surface area contributed by atoms with Gasteiger partial charge in [0.2, 0.25) is 10.0 Å². The molecule has 0 amide bonds. The van der Waals surface area contributed by atoms with Crippen molar-refractivity contribution < 1.29 is 8.42 Å². The third-order valence-corrected chi connectivity index (χ3v) is 7.91. The molecule has 0 saturated carbocycles. The number of nitrogens with zero attached hydrogens (tertiary/aromatic N) is 4. The van der Waals surface area contributed by atoms with Crippen LogP contribution in [0.1, 0.15) is 41.9 Å². The molecule has 1 aliphatic carbocycles. The second-order valence-corrected chi connectivity index (χ2v) is 9.58. The number of benzene rings is 1. The smallest absolute Gasteiger partial charge is 0.241 e. The van der Waals surface area contributed by atoms with Crippen molar-refractivity contribution in [2.75, 3.05) is 13.1 Å². The van der Waals surface area contributed by atoms with E-state index in [2.05, 4.69) is 9.97 Å². The molecule has 1 atom stereocenters. The number of halogens is 1. The van der Waals surface area contributed by atoms with Crippen molar-refractivity contribution in [3.05, 3.63) is 52.1 Å². The molecule has 2 heterocycles. The highest BCUT2D eigenvalue weighted by Gasteiger charge is 2.46. The number of sulfonamides is 1. The molecule has 1 spiro atoms. The summed E-state index contributed by atoms with van der Waals surface area (Å²) in [6.45, 7) is 2.72. The van der Waals surface area contributed by atoms with Crippen molar-refractivity contribution in [1.29, 1.82) is 5.26 Å². The van der Waals surface area contributed by atoms with Crippen LogP contribution < -0.4 is 0 Å². The second-order valence-electron chi connectivity index (χ2n) is 7.27. The van der Waals surface area contributed by atoms with E-state index in [1.807, 2.05) is 19.2 Å². The molecule has 0 radical (unpaired) electrons. The SMILES string of the molecule is Cc1ncc2c(n1)C1(CCCN(S(=O)(=O)c3ccc(C#N)cc3Cl)C1)CC2. The van der Waals surface area contributed by atoms with Crippen LogP contribution in [0.15, 0.2) is 29.3 Å². The van der Waals surface area contributed by atoms with Gasteiger partial charge in [0.05, 0.1) is 22.3 Å². The molecule has 2 aliphatic rings. The van der Waals surface area contributed by atoms with Crippen molar-refractivity contribution in [2.24, 2.45) is 0 Å². The van der Waals surface area contributed by atoms with Crippen molar-refractivity contribution in [1.82, 2.24) is 14.3 Å². The van der Waals surface area contributed by atoms with E-state index in [0.29, 0.717) is 24.5 Å². The molecule has 0 bridgehead atoms. The number of piperidine rings is 1. The van der Waals surface area contributed by atoms with Gasteiger partial charge in [-0.25, -0.2) is 18.4 Å². The van der Waals surface area contributed by atoms with Gasteiger partial charge < -0.3 is 0 Å². The summed E-state index contributed by atoms with van der Waals surface area (Å²) in [6.07, 6.45) is 5.32. The van der Waals surface area contributed by atoms with E-state index in [-0.39, 0.29) is 15.3 Å². The number of nitriles is 1. The summed E-state index contributed by atoms with van der Waals surface area (Å²) in [4.78, 5) is 9.00. The predicted molar refractivity (Wildman–Crippen MR) is 101 cm³/mol. The minimum Gasteiger partial charge on any atom is -0.241 e. The molecule has 1 aliphatic heterocycles. The number of rotatable bonds is 2. The van der Waals surface area contributed by atoms with Crippen molar-refractivity contribution in [3.8, 4) is 6.07 Å². The molecule has 1 aromatic heterocycles. The Morgan fingerprint density at radius 2 is 2.15 bits per heavy atom. The summed E-state index contributed by atoms with van der Waals surface area (Å²) in [5.74, 6) is 0.713. The molecular formula is C19H19ClN4O2S. The lowest BCUT2D eigenvalue weighted by atomic mass is 9.78. The summed E-state index contributed by atoms with van der Waals surface area (Å²) in [5, 5.41) is 9.06. The van der Waals surface area contributed by atoms with Gasteiger partial charge in [-0.05, 0) is 56.4 Å². The molecule has 1 unspecified atom stereocenters. The Labute approximate surface area is 163 Å². The maximum absolute atomic E-state index is 13.3. The maximum atomic E-state index is 13.3. The van der Waals surface area contributed by atoms with E-state index in [9.17, 15) is 8.42 Å². The second kappa shape index (κ2) is 6.55. The molecule has 4 rings (SSSR count). The van der Waals surface area contributed by atoms with Crippen LogP contribution in [0.2, 0.25) is 5.02 Å². The first-order valence-electron chi connectivity index (χ1n) is 8.89. The van der Waals surface area contributed by atoms with E-state index in [1.165, 1.54) is 22.5 Å². The summed E-state index contributed by atoms with van der Waals surface area (Å²) in [6, 6.07) is 6.28. The highest BCUT2D eigenvalue weighted by molar-refractivity contribution is 7.89. The molecule has 27 heavy (non-hydrogen) atoms. The summed E-state index contributed by atoms with van der Waals surface area (Å²) >= 11 is 6.19. The highest BCUT2D eigenvalue weighted by Crippen LogP contribution is 2.45. The molecule has 8 heteroatoms. The normalized spacial score (nSPS) is 22.6. The molecule has 1 saturated heterocycles. The van der Waals surface area contributed by atoms with Gasteiger partial charge in [0.25, 0.3) is 0 Å². The minimum absolute atomic E-state index is 0.0531. The van der Waals surface area contributed by atoms with Crippen LogP contribution in [0.5, 0.6) is 0 Å². The predicted octanol–water partition coefficient (Wildman–Crippen LogP) is 2.98. The van der Waals surface area contributed by atoms with E-state index < -0.39 is 10.0 Å². The molecular weight excluding hydrogens is 384 g/mol. The van der Waals surface area contributed by atoms with E-state index in [0.717, 1.165) is 36.9 Å².